The van der Waals surface area contributed by atoms with Crippen molar-refractivity contribution in [2.45, 2.75) is 12.8 Å². The molecule has 0 aliphatic heterocycles. The smallest absolute Gasteiger partial charge is 0.319 e. The molecule has 0 bridgehead atoms. The summed E-state index contributed by atoms with van der Waals surface area (Å²) in [4.78, 5) is 11.7. The fraction of sp³-hybridized carbons (Fsp3) is 0.278. The van der Waals surface area contributed by atoms with Gasteiger partial charge in [-0.2, -0.15) is 0 Å². The Bertz CT molecular complexity index is 606. The lowest BCUT2D eigenvalue weighted by Gasteiger charge is -2.14. The van der Waals surface area contributed by atoms with E-state index in [-0.39, 0.29) is 18.4 Å². The minimum absolute atomic E-state index is 0.142. The van der Waals surface area contributed by atoms with Crippen LogP contribution in [0.4, 0.5) is 0 Å². The number of ether oxygens (including phenoxy) is 1. The van der Waals surface area contributed by atoms with E-state index in [1.54, 1.807) is 0 Å². The first-order valence-corrected chi connectivity index (χ1v) is 7.35. The number of nitrogens with one attached hydrogen (secondary N) is 1. The molecule has 2 aromatic carbocycles. The van der Waals surface area contributed by atoms with E-state index in [0.717, 1.165) is 6.54 Å². The predicted molar refractivity (Wildman–Crippen MR) is 83.2 cm³/mol. The summed E-state index contributed by atoms with van der Waals surface area (Å²) in [5, 5.41) is 2.99. The lowest BCUT2D eigenvalue weighted by molar-refractivity contribution is -0.142. The largest absolute Gasteiger partial charge is 0.464 e. The van der Waals surface area contributed by atoms with Gasteiger partial charge in [0.15, 0.2) is 0 Å². The molecule has 0 saturated heterocycles. The van der Waals surface area contributed by atoms with Crippen molar-refractivity contribution in [3.63, 3.8) is 0 Å². The maximum absolute atomic E-state index is 11.7. The zero-order valence-corrected chi connectivity index (χ0v) is 12.1. The van der Waals surface area contributed by atoms with Crippen LogP contribution >= 0.6 is 0 Å². The van der Waals surface area contributed by atoms with Gasteiger partial charge in [0, 0.05) is 5.92 Å². The molecule has 0 saturated carbocycles. The van der Waals surface area contributed by atoms with Gasteiger partial charge in [-0.15, -0.1) is 0 Å². The van der Waals surface area contributed by atoms with Crippen LogP contribution in [-0.2, 0) is 9.53 Å². The predicted octanol–water partition coefficient (Wildman–Crippen LogP) is 2.95. The molecule has 2 aromatic rings. The van der Waals surface area contributed by atoms with Crippen molar-refractivity contribution in [2.75, 3.05) is 19.7 Å². The van der Waals surface area contributed by atoms with Gasteiger partial charge in [-0.1, -0.05) is 55.5 Å². The molecule has 0 radical (unpaired) electrons. The first-order valence-electron chi connectivity index (χ1n) is 7.35. The zero-order chi connectivity index (χ0) is 14.7. The minimum atomic E-state index is -0.196. The topological polar surface area (TPSA) is 38.3 Å². The summed E-state index contributed by atoms with van der Waals surface area (Å²) >= 11 is 0. The highest BCUT2D eigenvalue weighted by atomic mass is 16.5. The van der Waals surface area contributed by atoms with Crippen LogP contribution in [0.2, 0.25) is 0 Å². The highest BCUT2D eigenvalue weighted by Crippen LogP contribution is 2.44. The average Bonchev–Trinajstić information content (AvgIpc) is 2.85. The van der Waals surface area contributed by atoms with Crippen LogP contribution < -0.4 is 5.32 Å². The molecule has 0 spiro atoms. The minimum Gasteiger partial charge on any atom is -0.464 e. The van der Waals surface area contributed by atoms with Crippen LogP contribution in [0.25, 0.3) is 11.1 Å². The Kier molecular flexibility index (Phi) is 4.02. The van der Waals surface area contributed by atoms with E-state index in [0.29, 0.717) is 6.61 Å². The molecule has 108 valence electrons. The van der Waals surface area contributed by atoms with E-state index in [2.05, 4.69) is 41.7 Å². The van der Waals surface area contributed by atoms with Crippen molar-refractivity contribution >= 4 is 5.97 Å². The molecular formula is C18H19NO2. The van der Waals surface area contributed by atoms with E-state index in [4.69, 9.17) is 4.74 Å². The van der Waals surface area contributed by atoms with E-state index >= 15 is 0 Å². The molecule has 0 atom stereocenters. The second-order valence-electron chi connectivity index (χ2n) is 5.19. The molecule has 3 heteroatoms. The first-order chi connectivity index (χ1) is 10.3. The Morgan fingerprint density at radius 1 is 1.05 bits per heavy atom. The molecule has 0 heterocycles. The second-order valence-corrected chi connectivity index (χ2v) is 5.19. The summed E-state index contributed by atoms with van der Waals surface area (Å²) in [6, 6.07) is 16.7. The van der Waals surface area contributed by atoms with Crippen LogP contribution in [0.3, 0.4) is 0 Å². The lowest BCUT2D eigenvalue weighted by atomic mass is 9.98. The van der Waals surface area contributed by atoms with Gasteiger partial charge in [-0.3, -0.25) is 4.79 Å². The molecule has 0 amide bonds. The maximum Gasteiger partial charge on any atom is 0.319 e. The summed E-state index contributed by atoms with van der Waals surface area (Å²) in [7, 11) is 0. The molecular weight excluding hydrogens is 262 g/mol. The third-order valence-corrected chi connectivity index (χ3v) is 3.89. The van der Waals surface area contributed by atoms with Crippen molar-refractivity contribution in [3.8, 4) is 11.1 Å². The Hall–Kier alpha value is -2.13. The molecule has 1 aliphatic rings. The highest BCUT2D eigenvalue weighted by molar-refractivity contribution is 5.79. The van der Waals surface area contributed by atoms with Crippen LogP contribution in [0.5, 0.6) is 0 Å². The summed E-state index contributed by atoms with van der Waals surface area (Å²) in [6.45, 7) is 3.41. The van der Waals surface area contributed by atoms with Crippen molar-refractivity contribution in [1.29, 1.82) is 0 Å². The highest BCUT2D eigenvalue weighted by Gasteiger charge is 2.28. The Morgan fingerprint density at radius 3 is 2.19 bits per heavy atom. The summed E-state index contributed by atoms with van der Waals surface area (Å²) in [5.74, 6) is -0.0540. The van der Waals surface area contributed by atoms with Gasteiger partial charge in [-0.05, 0) is 28.8 Å². The van der Waals surface area contributed by atoms with Crippen molar-refractivity contribution in [3.05, 3.63) is 59.7 Å². The third kappa shape index (κ3) is 2.69. The van der Waals surface area contributed by atoms with E-state index in [9.17, 15) is 4.79 Å². The summed E-state index contributed by atoms with van der Waals surface area (Å²) in [6.07, 6.45) is 0. The van der Waals surface area contributed by atoms with Crippen molar-refractivity contribution < 1.29 is 9.53 Å². The van der Waals surface area contributed by atoms with Gasteiger partial charge in [-0.25, -0.2) is 0 Å². The number of hydrogen-bond acceptors (Lipinski definition) is 3. The maximum atomic E-state index is 11.7. The molecule has 1 aliphatic carbocycles. The first kappa shape index (κ1) is 13.8. The normalized spacial score (nSPS) is 12.8. The molecule has 1 N–H and O–H groups in total. The molecule has 21 heavy (non-hydrogen) atoms. The number of rotatable bonds is 5. The Labute approximate surface area is 124 Å². The van der Waals surface area contributed by atoms with Crippen LogP contribution in [-0.4, -0.2) is 25.7 Å². The number of carbonyl (C=O) groups is 1. The number of likely N-dealkylation sites (N-methyl/N-ethyl adjacent to an activating group) is 1. The van der Waals surface area contributed by atoms with Gasteiger partial charge >= 0.3 is 5.97 Å². The molecule has 0 unspecified atom stereocenters. The van der Waals surface area contributed by atoms with Crippen LogP contribution in [0.15, 0.2) is 48.5 Å². The summed E-state index contributed by atoms with van der Waals surface area (Å²) < 4.78 is 5.44. The summed E-state index contributed by atoms with van der Waals surface area (Å²) in [5.41, 5.74) is 4.99. The van der Waals surface area contributed by atoms with Gasteiger partial charge in [0.1, 0.15) is 6.61 Å². The number of hydrogen-bond donors (Lipinski definition) is 1. The van der Waals surface area contributed by atoms with Gasteiger partial charge in [0.2, 0.25) is 0 Å². The number of benzene rings is 2. The van der Waals surface area contributed by atoms with Gasteiger partial charge < -0.3 is 10.1 Å². The molecule has 3 nitrogen and oxygen atoms in total. The van der Waals surface area contributed by atoms with Crippen molar-refractivity contribution in [1.82, 2.24) is 5.32 Å². The zero-order valence-electron chi connectivity index (χ0n) is 12.1. The third-order valence-electron chi connectivity index (χ3n) is 3.89. The van der Waals surface area contributed by atoms with Gasteiger partial charge in [0.05, 0.1) is 6.54 Å². The fourth-order valence-corrected chi connectivity index (χ4v) is 2.89. The SMILES string of the molecule is CCNCC(=O)OCC1c2ccccc2-c2ccccc21. The van der Waals surface area contributed by atoms with E-state index in [1.165, 1.54) is 22.3 Å². The van der Waals surface area contributed by atoms with Crippen molar-refractivity contribution in [2.24, 2.45) is 0 Å². The van der Waals surface area contributed by atoms with E-state index < -0.39 is 0 Å². The van der Waals surface area contributed by atoms with E-state index in [1.807, 2.05) is 19.1 Å². The Morgan fingerprint density at radius 2 is 1.62 bits per heavy atom. The molecule has 3 rings (SSSR count). The number of esters is 1. The van der Waals surface area contributed by atoms with Gasteiger partial charge in [0.25, 0.3) is 0 Å². The standard InChI is InChI=1S/C18H19NO2/c1-2-19-11-18(20)21-12-17-15-9-5-3-7-13(15)14-8-4-6-10-16(14)17/h3-10,17,19H,2,11-12H2,1H3. The Balaban J connectivity index is 1.81. The molecule has 0 fully saturated rings. The fourth-order valence-electron chi connectivity index (χ4n) is 2.89. The quantitative estimate of drug-likeness (QED) is 0.856. The monoisotopic (exact) mass is 281 g/mol. The number of fused-ring (bicyclic) bond motifs is 3. The van der Waals surface area contributed by atoms with Crippen LogP contribution in [0.1, 0.15) is 24.0 Å². The lowest BCUT2D eigenvalue weighted by Crippen LogP contribution is -2.25. The molecule has 0 aromatic heterocycles. The average molecular weight is 281 g/mol. The van der Waals surface area contributed by atoms with Crippen LogP contribution in [0, 0.1) is 0 Å². The number of carbonyl (C=O) groups excluding carboxylic acids is 1. The second kappa shape index (κ2) is 6.10.